The van der Waals surface area contributed by atoms with Crippen molar-refractivity contribution in [1.29, 1.82) is 0 Å². The van der Waals surface area contributed by atoms with Gasteiger partial charge in [-0.2, -0.15) is 4.98 Å². The molecule has 0 aliphatic rings. The summed E-state index contributed by atoms with van der Waals surface area (Å²) in [4.78, 5) is 12.3. The lowest BCUT2D eigenvalue weighted by Gasteiger charge is -1.90. The third kappa shape index (κ3) is 1.38. The molecule has 0 unspecified atom stereocenters. The molecule has 0 aliphatic carbocycles. The first-order valence-corrected chi connectivity index (χ1v) is 4.75. The minimum Gasteiger partial charge on any atom is -0.434 e. The third-order valence-electron chi connectivity index (χ3n) is 2.18. The van der Waals surface area contributed by atoms with Gasteiger partial charge in [0.25, 0.3) is 0 Å². The molecule has 0 amide bonds. The SMILES string of the molecule is Nc1cnc2nc(-c3cccnc3)oc2c1. The highest BCUT2D eigenvalue weighted by molar-refractivity contribution is 5.74. The van der Waals surface area contributed by atoms with E-state index in [4.69, 9.17) is 10.2 Å². The van der Waals surface area contributed by atoms with E-state index in [0.717, 1.165) is 5.56 Å². The minimum atomic E-state index is 0.501. The second-order valence-corrected chi connectivity index (χ2v) is 3.35. The van der Waals surface area contributed by atoms with E-state index < -0.39 is 0 Å². The zero-order valence-corrected chi connectivity index (χ0v) is 8.29. The van der Waals surface area contributed by atoms with Crippen molar-refractivity contribution in [3.8, 4) is 11.5 Å². The quantitative estimate of drug-likeness (QED) is 0.666. The zero-order chi connectivity index (χ0) is 11.0. The summed E-state index contributed by atoms with van der Waals surface area (Å²) in [5, 5.41) is 0. The smallest absolute Gasteiger partial charge is 0.230 e. The highest BCUT2D eigenvalue weighted by atomic mass is 16.3. The molecule has 5 nitrogen and oxygen atoms in total. The number of aromatic nitrogens is 3. The topological polar surface area (TPSA) is 77.8 Å². The van der Waals surface area contributed by atoms with Gasteiger partial charge in [0.15, 0.2) is 11.2 Å². The normalized spacial score (nSPS) is 10.8. The average molecular weight is 212 g/mol. The Labute approximate surface area is 91.0 Å². The molecule has 0 fully saturated rings. The van der Waals surface area contributed by atoms with Crippen molar-refractivity contribution < 1.29 is 4.42 Å². The van der Waals surface area contributed by atoms with Crippen LogP contribution in [-0.4, -0.2) is 15.0 Å². The van der Waals surface area contributed by atoms with Crippen molar-refractivity contribution in [3.05, 3.63) is 36.8 Å². The lowest BCUT2D eigenvalue weighted by atomic mass is 10.3. The van der Waals surface area contributed by atoms with Gasteiger partial charge in [0.1, 0.15) is 0 Å². The van der Waals surface area contributed by atoms with Crippen molar-refractivity contribution in [3.63, 3.8) is 0 Å². The summed E-state index contributed by atoms with van der Waals surface area (Å²) in [6.07, 6.45) is 4.94. The van der Waals surface area contributed by atoms with Crippen molar-refractivity contribution in [2.24, 2.45) is 0 Å². The van der Waals surface area contributed by atoms with Gasteiger partial charge >= 0.3 is 0 Å². The molecule has 0 radical (unpaired) electrons. The van der Waals surface area contributed by atoms with Crippen LogP contribution < -0.4 is 5.73 Å². The van der Waals surface area contributed by atoms with E-state index in [0.29, 0.717) is 22.8 Å². The molecule has 0 aromatic carbocycles. The maximum Gasteiger partial charge on any atom is 0.230 e. The van der Waals surface area contributed by atoms with Crippen LogP contribution in [0.5, 0.6) is 0 Å². The molecule has 3 aromatic heterocycles. The molecular weight excluding hydrogens is 204 g/mol. The number of hydrogen-bond acceptors (Lipinski definition) is 5. The van der Waals surface area contributed by atoms with Gasteiger partial charge < -0.3 is 10.2 Å². The Bertz CT molecular complexity index is 633. The van der Waals surface area contributed by atoms with Crippen LogP contribution in [0.15, 0.2) is 41.2 Å². The number of nitrogen functional groups attached to an aromatic ring is 1. The van der Waals surface area contributed by atoms with Crippen molar-refractivity contribution in [2.75, 3.05) is 5.73 Å². The standard InChI is InChI=1S/C11H8N4O/c12-8-4-9-10(14-6-8)15-11(16-9)7-2-1-3-13-5-7/h1-6H,12H2. The number of nitrogens with zero attached hydrogens (tertiary/aromatic N) is 3. The molecule has 0 saturated heterocycles. The van der Waals surface area contributed by atoms with Crippen molar-refractivity contribution in [1.82, 2.24) is 15.0 Å². The maximum absolute atomic E-state index is 5.61. The fourth-order valence-corrected chi connectivity index (χ4v) is 1.45. The van der Waals surface area contributed by atoms with Crippen molar-refractivity contribution in [2.45, 2.75) is 0 Å². The Hall–Kier alpha value is -2.43. The minimum absolute atomic E-state index is 0.501. The second-order valence-electron chi connectivity index (χ2n) is 3.35. The summed E-state index contributed by atoms with van der Waals surface area (Å²) in [5.74, 6) is 0.501. The molecule has 0 bridgehead atoms. The van der Waals surface area contributed by atoms with Gasteiger partial charge in [-0.3, -0.25) is 4.98 Å². The first-order valence-electron chi connectivity index (χ1n) is 4.75. The van der Waals surface area contributed by atoms with Gasteiger partial charge in [-0.15, -0.1) is 0 Å². The molecule has 0 spiro atoms. The number of oxazole rings is 1. The Kier molecular flexibility index (Phi) is 1.83. The van der Waals surface area contributed by atoms with Crippen LogP contribution in [-0.2, 0) is 0 Å². The first-order chi connectivity index (χ1) is 7.83. The monoisotopic (exact) mass is 212 g/mol. The second kappa shape index (κ2) is 3.30. The Morgan fingerprint density at radius 3 is 3.00 bits per heavy atom. The fourth-order valence-electron chi connectivity index (χ4n) is 1.45. The summed E-state index contributed by atoms with van der Waals surface area (Å²) >= 11 is 0. The number of nitrogens with two attached hydrogens (primary N) is 1. The van der Waals surface area contributed by atoms with Gasteiger partial charge in [0, 0.05) is 18.5 Å². The molecule has 16 heavy (non-hydrogen) atoms. The third-order valence-corrected chi connectivity index (χ3v) is 2.18. The van der Waals surface area contributed by atoms with E-state index in [1.54, 1.807) is 24.7 Å². The molecule has 78 valence electrons. The van der Waals surface area contributed by atoms with Crippen molar-refractivity contribution >= 4 is 16.9 Å². The predicted molar refractivity (Wildman–Crippen MR) is 59.4 cm³/mol. The van der Waals surface area contributed by atoms with Crippen LogP contribution in [0.1, 0.15) is 0 Å². The zero-order valence-electron chi connectivity index (χ0n) is 8.29. The van der Waals surface area contributed by atoms with Gasteiger partial charge in [0.2, 0.25) is 5.89 Å². The van der Waals surface area contributed by atoms with Crippen LogP contribution in [0.4, 0.5) is 5.69 Å². The predicted octanol–water partition coefficient (Wildman–Crippen LogP) is 1.87. The fraction of sp³-hybridized carbons (Fsp3) is 0. The van der Waals surface area contributed by atoms with Crippen LogP contribution in [0.25, 0.3) is 22.7 Å². The van der Waals surface area contributed by atoms with E-state index in [1.807, 2.05) is 12.1 Å². The Morgan fingerprint density at radius 2 is 2.19 bits per heavy atom. The first kappa shape index (κ1) is 8.84. The lowest BCUT2D eigenvalue weighted by molar-refractivity contribution is 0.619. The van der Waals surface area contributed by atoms with Gasteiger partial charge in [-0.05, 0) is 12.1 Å². The molecular formula is C11H8N4O. The van der Waals surface area contributed by atoms with E-state index in [2.05, 4.69) is 15.0 Å². The number of fused-ring (bicyclic) bond motifs is 1. The lowest BCUT2D eigenvalue weighted by Crippen LogP contribution is -1.85. The van der Waals surface area contributed by atoms with Crippen LogP contribution in [0.2, 0.25) is 0 Å². The molecule has 2 N–H and O–H groups in total. The van der Waals surface area contributed by atoms with Crippen LogP contribution in [0.3, 0.4) is 0 Å². The number of rotatable bonds is 1. The highest BCUT2D eigenvalue weighted by Gasteiger charge is 2.08. The summed E-state index contributed by atoms with van der Waals surface area (Å²) < 4.78 is 5.54. The van der Waals surface area contributed by atoms with Gasteiger partial charge in [-0.1, -0.05) is 0 Å². The Morgan fingerprint density at radius 1 is 1.25 bits per heavy atom. The van der Waals surface area contributed by atoms with Crippen LogP contribution >= 0.6 is 0 Å². The van der Waals surface area contributed by atoms with E-state index in [9.17, 15) is 0 Å². The molecule has 0 aliphatic heterocycles. The molecule has 3 rings (SSSR count). The molecule has 5 heteroatoms. The van der Waals surface area contributed by atoms with Gasteiger partial charge in [-0.25, -0.2) is 4.98 Å². The summed E-state index contributed by atoms with van der Waals surface area (Å²) in [7, 11) is 0. The van der Waals surface area contributed by atoms with E-state index in [-0.39, 0.29) is 0 Å². The van der Waals surface area contributed by atoms with Crippen LogP contribution in [0, 0.1) is 0 Å². The Balaban J connectivity index is 2.19. The summed E-state index contributed by atoms with van der Waals surface area (Å²) in [6.45, 7) is 0. The van der Waals surface area contributed by atoms with Gasteiger partial charge in [0.05, 0.1) is 17.4 Å². The van der Waals surface area contributed by atoms with E-state index in [1.165, 1.54) is 0 Å². The number of pyridine rings is 2. The highest BCUT2D eigenvalue weighted by Crippen LogP contribution is 2.23. The maximum atomic E-state index is 5.61. The summed E-state index contributed by atoms with van der Waals surface area (Å²) in [5.41, 5.74) is 8.12. The molecule has 0 saturated carbocycles. The number of hydrogen-bond donors (Lipinski definition) is 1. The largest absolute Gasteiger partial charge is 0.434 e. The number of anilines is 1. The average Bonchev–Trinajstić information content (AvgIpc) is 2.73. The summed E-state index contributed by atoms with van der Waals surface area (Å²) in [6, 6.07) is 5.41. The van der Waals surface area contributed by atoms with E-state index >= 15 is 0 Å². The molecule has 3 heterocycles. The molecule has 3 aromatic rings. The molecule has 0 atom stereocenters.